The van der Waals surface area contributed by atoms with Crippen molar-refractivity contribution in [1.29, 1.82) is 0 Å². The quantitative estimate of drug-likeness (QED) is 0.687. The van der Waals surface area contributed by atoms with Gasteiger partial charge in [-0.3, -0.25) is 0 Å². The number of rotatable bonds is 5. The molecule has 1 atom stereocenters. The Kier molecular flexibility index (Phi) is 4.14. The number of nitrogens with zero attached hydrogens (tertiary/aromatic N) is 4. The average Bonchev–Trinajstić information content (AvgIpc) is 3.14. The zero-order valence-electron chi connectivity index (χ0n) is 14.6. The number of nitrogens with one attached hydrogen (secondary N) is 2. The van der Waals surface area contributed by atoms with Crippen molar-refractivity contribution >= 4 is 33.1 Å². The summed E-state index contributed by atoms with van der Waals surface area (Å²) in [6.45, 7) is 4.38. The maximum absolute atomic E-state index is 4.88. The van der Waals surface area contributed by atoms with E-state index in [2.05, 4.69) is 36.4 Å². The molecule has 0 radical (unpaired) electrons. The van der Waals surface area contributed by atoms with Gasteiger partial charge in [0.15, 0.2) is 5.65 Å². The van der Waals surface area contributed by atoms with Gasteiger partial charge in [-0.2, -0.15) is 9.61 Å². The molecule has 2 N–H and O–H groups in total. The van der Waals surface area contributed by atoms with Crippen LogP contribution in [0.15, 0.2) is 6.33 Å². The average molecular weight is 345 g/mol. The summed E-state index contributed by atoms with van der Waals surface area (Å²) in [6, 6.07) is 0. The fourth-order valence-electron chi connectivity index (χ4n) is 3.52. The van der Waals surface area contributed by atoms with Crippen molar-refractivity contribution in [2.45, 2.75) is 32.6 Å². The molecule has 0 spiro atoms. The molecule has 24 heavy (non-hydrogen) atoms. The molecule has 3 heterocycles. The van der Waals surface area contributed by atoms with Crippen LogP contribution in [-0.4, -0.2) is 46.8 Å². The largest absolute Gasteiger partial charge is 0.354 e. The van der Waals surface area contributed by atoms with E-state index >= 15 is 0 Å². The third-order valence-corrected chi connectivity index (χ3v) is 5.99. The van der Waals surface area contributed by atoms with Crippen LogP contribution in [0.25, 0.3) is 15.9 Å². The summed E-state index contributed by atoms with van der Waals surface area (Å²) in [5.41, 5.74) is 2.41. The molecule has 0 aliphatic heterocycles. The van der Waals surface area contributed by atoms with Gasteiger partial charge in [0, 0.05) is 17.8 Å². The van der Waals surface area contributed by atoms with E-state index < -0.39 is 0 Å². The van der Waals surface area contributed by atoms with E-state index in [1.165, 1.54) is 33.6 Å². The molecule has 0 bridgehead atoms. The zero-order valence-corrected chi connectivity index (χ0v) is 15.4. The van der Waals surface area contributed by atoms with Crippen LogP contribution in [0, 0.1) is 5.92 Å². The van der Waals surface area contributed by atoms with Gasteiger partial charge in [-0.05, 0) is 30.7 Å². The van der Waals surface area contributed by atoms with E-state index in [1.807, 2.05) is 15.9 Å². The number of fused-ring (bicyclic) bond motifs is 5. The Morgan fingerprint density at radius 2 is 2.29 bits per heavy atom. The van der Waals surface area contributed by atoms with E-state index in [4.69, 9.17) is 4.98 Å². The van der Waals surface area contributed by atoms with E-state index in [-0.39, 0.29) is 0 Å². The third-order valence-electron chi connectivity index (χ3n) is 4.80. The third kappa shape index (κ3) is 2.75. The Morgan fingerprint density at radius 3 is 3.12 bits per heavy atom. The van der Waals surface area contributed by atoms with Gasteiger partial charge in [-0.25, -0.2) is 9.97 Å². The SMILES string of the molecule is C[C@@H]1CCc2sc3nc(NCCC[NH+](C)C)n4ncnc4c3c2C1. The number of hydrogen-bond donors (Lipinski definition) is 2. The van der Waals surface area contributed by atoms with Gasteiger partial charge in [0.25, 0.3) is 0 Å². The molecule has 0 unspecified atom stereocenters. The topological polar surface area (TPSA) is 59.6 Å². The normalized spacial score (nSPS) is 17.8. The molecule has 1 aliphatic carbocycles. The Balaban J connectivity index is 1.72. The van der Waals surface area contributed by atoms with Gasteiger partial charge in [-0.1, -0.05) is 6.92 Å². The molecule has 0 amide bonds. The van der Waals surface area contributed by atoms with Gasteiger partial charge in [0.2, 0.25) is 5.95 Å². The number of thiophene rings is 1. The first kappa shape index (κ1) is 15.8. The smallest absolute Gasteiger partial charge is 0.227 e. The molecule has 0 saturated heterocycles. The lowest BCUT2D eigenvalue weighted by molar-refractivity contribution is -0.858. The number of quaternary nitrogens is 1. The second kappa shape index (κ2) is 6.29. The summed E-state index contributed by atoms with van der Waals surface area (Å²) >= 11 is 1.84. The summed E-state index contributed by atoms with van der Waals surface area (Å²) in [5.74, 6) is 1.56. The Morgan fingerprint density at radius 1 is 1.42 bits per heavy atom. The number of hydrogen-bond acceptors (Lipinski definition) is 5. The first-order valence-electron chi connectivity index (χ1n) is 8.80. The Hall–Kier alpha value is -1.73. The summed E-state index contributed by atoms with van der Waals surface area (Å²) in [6.07, 6.45) is 6.34. The second-order valence-electron chi connectivity index (χ2n) is 7.20. The van der Waals surface area contributed by atoms with Gasteiger partial charge in [0.05, 0.1) is 26.0 Å². The van der Waals surface area contributed by atoms with Gasteiger partial charge >= 0.3 is 0 Å². The predicted octanol–water partition coefficient (Wildman–Crippen LogP) is 1.41. The highest BCUT2D eigenvalue weighted by molar-refractivity contribution is 7.19. The van der Waals surface area contributed by atoms with Crippen LogP contribution in [0.5, 0.6) is 0 Å². The second-order valence-corrected chi connectivity index (χ2v) is 8.28. The molecule has 3 aromatic rings. The molecule has 1 aliphatic rings. The highest BCUT2D eigenvalue weighted by atomic mass is 32.1. The van der Waals surface area contributed by atoms with E-state index in [0.717, 1.165) is 48.3 Å². The van der Waals surface area contributed by atoms with Crippen molar-refractivity contribution in [3.8, 4) is 0 Å². The van der Waals surface area contributed by atoms with Crippen molar-refractivity contribution in [3.63, 3.8) is 0 Å². The van der Waals surface area contributed by atoms with Crippen molar-refractivity contribution < 1.29 is 4.90 Å². The number of aromatic nitrogens is 4. The van der Waals surface area contributed by atoms with Crippen molar-refractivity contribution in [2.24, 2.45) is 5.92 Å². The van der Waals surface area contributed by atoms with Crippen molar-refractivity contribution in [3.05, 3.63) is 16.8 Å². The Labute approximate surface area is 145 Å². The molecular weight excluding hydrogens is 320 g/mol. The standard InChI is InChI=1S/C17H24N6S/c1-11-5-6-13-12(9-11)14-15-19-10-20-23(15)17(21-16(14)24-13)18-7-4-8-22(2)3/h10-11H,4-9H2,1-3H3,(H,18,21)/p+1/t11-/m1/s1. The van der Waals surface area contributed by atoms with Crippen LogP contribution in [0.3, 0.4) is 0 Å². The molecule has 0 fully saturated rings. The maximum Gasteiger partial charge on any atom is 0.227 e. The van der Waals surface area contributed by atoms with E-state index in [9.17, 15) is 0 Å². The number of anilines is 1. The number of aryl methyl sites for hydroxylation is 1. The molecule has 3 aromatic heterocycles. The molecule has 7 heteroatoms. The van der Waals surface area contributed by atoms with Crippen LogP contribution < -0.4 is 10.2 Å². The zero-order chi connectivity index (χ0) is 16.7. The molecule has 4 rings (SSSR count). The first-order chi connectivity index (χ1) is 11.6. The minimum atomic E-state index is 0.740. The summed E-state index contributed by atoms with van der Waals surface area (Å²) in [7, 11) is 4.36. The van der Waals surface area contributed by atoms with Gasteiger partial charge < -0.3 is 10.2 Å². The van der Waals surface area contributed by atoms with Crippen LogP contribution in [0.2, 0.25) is 0 Å². The van der Waals surface area contributed by atoms with Gasteiger partial charge in [-0.15, -0.1) is 11.3 Å². The van der Waals surface area contributed by atoms with Crippen LogP contribution in [0.1, 0.15) is 30.2 Å². The van der Waals surface area contributed by atoms with Crippen LogP contribution in [0.4, 0.5) is 5.95 Å². The predicted molar refractivity (Wildman–Crippen MR) is 98.1 cm³/mol. The first-order valence-corrected chi connectivity index (χ1v) is 9.62. The lowest BCUT2D eigenvalue weighted by atomic mass is 9.89. The van der Waals surface area contributed by atoms with E-state index in [1.54, 1.807) is 6.33 Å². The molecule has 0 aromatic carbocycles. The fraction of sp³-hybridized carbons (Fsp3) is 0.588. The Bertz CT molecular complexity index is 865. The minimum absolute atomic E-state index is 0.740. The van der Waals surface area contributed by atoms with Gasteiger partial charge in [0.1, 0.15) is 11.2 Å². The van der Waals surface area contributed by atoms with Crippen molar-refractivity contribution in [2.75, 3.05) is 32.5 Å². The summed E-state index contributed by atoms with van der Waals surface area (Å²) < 4.78 is 1.87. The summed E-state index contributed by atoms with van der Waals surface area (Å²) in [4.78, 5) is 13.5. The molecule has 128 valence electrons. The van der Waals surface area contributed by atoms with Crippen molar-refractivity contribution in [1.82, 2.24) is 19.6 Å². The maximum atomic E-state index is 4.88. The highest BCUT2D eigenvalue weighted by Gasteiger charge is 2.24. The molecule has 0 saturated carbocycles. The molecular formula is C17H25N6S+. The molecule has 6 nitrogen and oxygen atoms in total. The monoisotopic (exact) mass is 345 g/mol. The van der Waals surface area contributed by atoms with E-state index in [0.29, 0.717) is 0 Å². The summed E-state index contributed by atoms with van der Waals surface area (Å²) in [5, 5.41) is 9.09. The lowest BCUT2D eigenvalue weighted by Crippen LogP contribution is -3.05. The highest BCUT2D eigenvalue weighted by Crippen LogP contribution is 2.39. The lowest BCUT2D eigenvalue weighted by Gasteiger charge is -2.17. The minimum Gasteiger partial charge on any atom is -0.354 e. The van der Waals surface area contributed by atoms with Crippen LogP contribution >= 0.6 is 11.3 Å². The fourth-order valence-corrected chi connectivity index (χ4v) is 4.73. The van der Waals surface area contributed by atoms with Crippen LogP contribution in [-0.2, 0) is 12.8 Å².